The zero-order valence-corrected chi connectivity index (χ0v) is 27.7. The lowest BCUT2D eigenvalue weighted by Gasteiger charge is -2.37. The quantitative estimate of drug-likeness (QED) is 0.0980. The summed E-state index contributed by atoms with van der Waals surface area (Å²) in [6, 6.07) is 21.8. The van der Waals surface area contributed by atoms with E-state index in [2.05, 4.69) is 15.7 Å². The Balaban J connectivity index is 0.000000437. The maximum atomic E-state index is 13.4. The summed E-state index contributed by atoms with van der Waals surface area (Å²) in [5.41, 5.74) is 3.51. The van der Waals surface area contributed by atoms with Gasteiger partial charge in [-0.1, -0.05) is 73.0 Å². The third kappa shape index (κ3) is 12.2. The van der Waals surface area contributed by atoms with Crippen LogP contribution in [0.5, 0.6) is 5.75 Å². The van der Waals surface area contributed by atoms with Crippen molar-refractivity contribution in [2.45, 2.75) is 84.2 Å². The first-order valence-corrected chi connectivity index (χ1v) is 15.7. The minimum Gasteiger partial charge on any atom is -0.489 e. The highest BCUT2D eigenvalue weighted by atomic mass is 17.0. The Bertz CT molecular complexity index is 1480. The summed E-state index contributed by atoms with van der Waals surface area (Å²) in [5.74, 6) is 0.998. The first kappa shape index (κ1) is 37.3. The second-order valence-electron chi connectivity index (χ2n) is 12.4. The van der Waals surface area contributed by atoms with Gasteiger partial charge in [0.25, 0.3) is 22.6 Å². The van der Waals surface area contributed by atoms with Crippen molar-refractivity contribution in [1.82, 2.24) is 4.90 Å². The smallest absolute Gasteiger partial charge is 0.294 e. The Hall–Kier alpha value is -5.20. The van der Waals surface area contributed by atoms with E-state index in [-0.39, 0.29) is 32.3 Å². The molecule has 0 N–H and O–H groups in total. The number of nitrogens with zero attached hydrogens (tertiary/aromatic N) is 3. The topological polar surface area (TPSA) is 161 Å². The number of amides is 1. The summed E-state index contributed by atoms with van der Waals surface area (Å²) in [6.45, 7) is 8.12. The summed E-state index contributed by atoms with van der Waals surface area (Å²) < 4.78 is 11.5. The van der Waals surface area contributed by atoms with Crippen molar-refractivity contribution in [2.24, 2.45) is 0 Å². The van der Waals surface area contributed by atoms with Gasteiger partial charge in [0.15, 0.2) is 6.10 Å². The van der Waals surface area contributed by atoms with E-state index in [0.29, 0.717) is 23.5 Å². The normalized spacial score (nSPS) is 13.3. The molecular weight excluding hydrogens is 622 g/mol. The Morgan fingerprint density at radius 2 is 1.44 bits per heavy atom. The van der Waals surface area contributed by atoms with Crippen LogP contribution in [0.2, 0.25) is 0 Å². The van der Waals surface area contributed by atoms with Crippen LogP contribution >= 0.6 is 0 Å². The third-order valence-electron chi connectivity index (χ3n) is 7.82. The van der Waals surface area contributed by atoms with Gasteiger partial charge in [-0.3, -0.25) is 9.59 Å². The minimum atomic E-state index is -0.859. The summed E-state index contributed by atoms with van der Waals surface area (Å²) in [7, 11) is 0. The lowest BCUT2D eigenvalue weighted by atomic mass is 9.97. The van der Waals surface area contributed by atoms with Gasteiger partial charge < -0.3 is 24.0 Å². The van der Waals surface area contributed by atoms with E-state index in [1.165, 1.54) is 18.4 Å². The van der Waals surface area contributed by atoms with Gasteiger partial charge in [0.05, 0.1) is 6.54 Å². The van der Waals surface area contributed by atoms with E-state index < -0.39 is 21.8 Å². The average molecular weight is 666 g/mol. The molecule has 0 saturated heterocycles. The van der Waals surface area contributed by atoms with Gasteiger partial charge in [0.2, 0.25) is 0 Å². The molecule has 4 rings (SSSR count). The van der Waals surface area contributed by atoms with E-state index in [9.17, 15) is 29.8 Å². The molecule has 1 aliphatic rings. The number of carbonyl (C=O) groups is 2. The van der Waals surface area contributed by atoms with Gasteiger partial charge in [-0.05, 0) is 81.3 Å². The highest BCUT2D eigenvalue weighted by Gasteiger charge is 2.31. The fraction of sp³-hybridized carbons (Fsp3) is 0.429. The molecule has 1 unspecified atom stereocenters. The predicted molar refractivity (Wildman–Crippen MR) is 176 cm³/mol. The Morgan fingerprint density at radius 1 is 0.896 bits per heavy atom. The molecule has 1 saturated carbocycles. The van der Waals surface area contributed by atoms with E-state index in [0.717, 1.165) is 29.7 Å². The molecule has 0 radical (unpaired) electrons. The highest BCUT2D eigenvalue weighted by molar-refractivity contribution is 5.94. The molecule has 0 aliphatic heterocycles. The van der Waals surface area contributed by atoms with Crippen LogP contribution in [0.4, 0.5) is 0 Å². The van der Waals surface area contributed by atoms with Crippen LogP contribution in [0.15, 0.2) is 72.8 Å². The van der Waals surface area contributed by atoms with Crippen molar-refractivity contribution >= 4 is 12.4 Å². The molecule has 48 heavy (non-hydrogen) atoms. The second-order valence-corrected chi connectivity index (χ2v) is 12.4. The van der Waals surface area contributed by atoms with Gasteiger partial charge in [-0.15, -0.1) is 20.2 Å². The minimum absolute atomic E-state index is 0.0211. The Labute approximate surface area is 280 Å². The second kappa shape index (κ2) is 18.2. The number of aryl methyl sites for hydroxylation is 1. The molecule has 1 atom stereocenters. The number of ether oxygens (including phenoxy) is 2. The molecule has 3 aromatic carbocycles. The SMILES string of the molecule is CC(C)(C)N(CC(COc1ccccc1C1CCCC1)OC=O)C(=O)c1ccc(CO[N+](=O)[O-])cc1.Cc1ccc(CO[N+](=O)[O-])cc1. The van der Waals surface area contributed by atoms with Gasteiger partial charge in [0.1, 0.15) is 25.6 Å². The summed E-state index contributed by atoms with van der Waals surface area (Å²) >= 11 is 0. The lowest BCUT2D eigenvalue weighted by molar-refractivity contribution is -0.763. The van der Waals surface area contributed by atoms with Crippen LogP contribution in [-0.4, -0.2) is 52.2 Å². The first-order valence-electron chi connectivity index (χ1n) is 15.7. The Morgan fingerprint density at radius 3 is 1.96 bits per heavy atom. The van der Waals surface area contributed by atoms with Crippen molar-refractivity contribution < 1.29 is 38.9 Å². The van der Waals surface area contributed by atoms with Crippen LogP contribution in [-0.2, 0) is 32.4 Å². The molecule has 0 aromatic heterocycles. The monoisotopic (exact) mass is 665 g/mol. The van der Waals surface area contributed by atoms with E-state index in [1.54, 1.807) is 41.3 Å². The van der Waals surface area contributed by atoms with E-state index in [1.807, 2.05) is 58.0 Å². The summed E-state index contributed by atoms with van der Waals surface area (Å²) in [6.07, 6.45) is 4.02. The lowest BCUT2D eigenvalue weighted by Crippen LogP contribution is -2.50. The first-order chi connectivity index (χ1) is 22.9. The van der Waals surface area contributed by atoms with Crippen molar-refractivity contribution in [1.29, 1.82) is 0 Å². The molecular formula is C35H43N3O10. The van der Waals surface area contributed by atoms with Crippen molar-refractivity contribution in [3.05, 3.63) is 121 Å². The maximum absolute atomic E-state index is 13.4. The standard InChI is InChI=1S/C27H34N2O7.C8H9NO3/c1-27(2,3)28(26(31)22-14-12-20(13-15-22)17-36-29(32)33)16-23(35-19-30)18-34-25-11-7-6-10-24(25)21-8-4-5-9-21;1-7-2-4-8(5-3-7)6-12-9(10)11/h6-7,10-15,19,21,23H,4-5,8-9,16-18H2,1-3H3;2-5H,6H2,1H3. The summed E-state index contributed by atoms with van der Waals surface area (Å²) in [5, 5.41) is 18.6. The predicted octanol–water partition coefficient (Wildman–Crippen LogP) is 6.62. The van der Waals surface area contributed by atoms with Crippen LogP contribution in [0, 0.1) is 27.2 Å². The van der Waals surface area contributed by atoms with Crippen molar-refractivity contribution in [3.8, 4) is 5.75 Å². The molecule has 13 nitrogen and oxygen atoms in total. The molecule has 0 spiro atoms. The van der Waals surface area contributed by atoms with E-state index >= 15 is 0 Å². The zero-order chi connectivity index (χ0) is 35.1. The number of rotatable bonds is 15. The molecule has 1 aliphatic carbocycles. The molecule has 13 heteroatoms. The van der Waals surface area contributed by atoms with Crippen molar-refractivity contribution in [2.75, 3.05) is 13.2 Å². The van der Waals surface area contributed by atoms with Gasteiger partial charge in [-0.2, -0.15) is 0 Å². The average Bonchev–Trinajstić information content (AvgIpc) is 3.60. The fourth-order valence-corrected chi connectivity index (χ4v) is 5.29. The molecule has 0 bridgehead atoms. The van der Waals surface area contributed by atoms with Gasteiger partial charge >= 0.3 is 0 Å². The van der Waals surface area contributed by atoms with Crippen molar-refractivity contribution in [3.63, 3.8) is 0 Å². The number of benzene rings is 3. The van der Waals surface area contributed by atoms with Gasteiger partial charge in [-0.25, -0.2) is 0 Å². The molecule has 1 fully saturated rings. The van der Waals surface area contributed by atoms with Crippen LogP contribution in [0.1, 0.15) is 85.0 Å². The molecule has 1 amide bonds. The zero-order valence-electron chi connectivity index (χ0n) is 27.7. The van der Waals surface area contributed by atoms with Crippen LogP contribution in [0.3, 0.4) is 0 Å². The maximum Gasteiger partial charge on any atom is 0.294 e. The number of para-hydroxylation sites is 1. The van der Waals surface area contributed by atoms with E-state index in [4.69, 9.17) is 9.47 Å². The number of hydrogen-bond donors (Lipinski definition) is 0. The summed E-state index contributed by atoms with van der Waals surface area (Å²) in [4.78, 5) is 55.1. The largest absolute Gasteiger partial charge is 0.489 e. The Kier molecular flexibility index (Phi) is 14.1. The third-order valence-corrected chi connectivity index (χ3v) is 7.82. The molecule has 0 heterocycles. The van der Waals surface area contributed by atoms with Gasteiger partial charge in [0, 0.05) is 11.1 Å². The molecule has 3 aromatic rings. The van der Waals surface area contributed by atoms with Crippen LogP contribution < -0.4 is 4.74 Å². The number of carbonyl (C=O) groups excluding carboxylic acids is 2. The van der Waals surface area contributed by atoms with Crippen LogP contribution in [0.25, 0.3) is 0 Å². The highest BCUT2D eigenvalue weighted by Crippen LogP contribution is 2.38. The molecule has 258 valence electrons. The number of hydrogen-bond acceptors (Lipinski definition) is 10. The fourth-order valence-electron chi connectivity index (χ4n) is 5.29.